The van der Waals surface area contributed by atoms with Crippen molar-refractivity contribution in [3.05, 3.63) is 24.3 Å². The van der Waals surface area contributed by atoms with Crippen LogP contribution < -0.4 is 9.46 Å². The first-order valence-electron chi connectivity index (χ1n) is 8.55. The molecule has 1 aliphatic heterocycles. The highest BCUT2D eigenvalue weighted by molar-refractivity contribution is 7.89. The Kier molecular flexibility index (Phi) is 7.31. The predicted octanol–water partition coefficient (Wildman–Crippen LogP) is 0.446. The summed E-state index contributed by atoms with van der Waals surface area (Å²) in [6, 6.07) is 5.88. The van der Waals surface area contributed by atoms with Gasteiger partial charge in [-0.25, -0.2) is 13.1 Å². The van der Waals surface area contributed by atoms with E-state index in [2.05, 4.69) is 4.72 Å². The Morgan fingerprint density at radius 1 is 1.22 bits per heavy atom. The van der Waals surface area contributed by atoms with E-state index in [4.69, 9.17) is 9.47 Å². The van der Waals surface area contributed by atoms with E-state index < -0.39 is 28.5 Å². The van der Waals surface area contributed by atoms with E-state index in [1.165, 1.54) is 24.3 Å². The first-order valence-corrected chi connectivity index (χ1v) is 10.0. The van der Waals surface area contributed by atoms with Crippen LogP contribution in [0.3, 0.4) is 0 Å². The zero-order valence-corrected chi connectivity index (χ0v) is 15.8. The molecule has 0 radical (unpaired) electrons. The maximum Gasteiger partial charge on any atom is 0.307 e. The number of benzene rings is 1. The van der Waals surface area contributed by atoms with Crippen LogP contribution in [0.5, 0.6) is 5.75 Å². The number of rotatable bonds is 9. The van der Waals surface area contributed by atoms with Crippen LogP contribution in [0.25, 0.3) is 0 Å². The Morgan fingerprint density at radius 2 is 1.93 bits per heavy atom. The fourth-order valence-corrected chi connectivity index (χ4v) is 3.49. The zero-order chi connectivity index (χ0) is 19.9. The average Bonchev–Trinajstić information content (AvgIpc) is 3.06. The van der Waals surface area contributed by atoms with Crippen LogP contribution in [0, 0.1) is 0 Å². The number of esters is 1. The van der Waals surface area contributed by atoms with Gasteiger partial charge in [0.15, 0.2) is 6.61 Å². The minimum atomic E-state index is -3.77. The van der Waals surface area contributed by atoms with Crippen molar-refractivity contribution < 1.29 is 32.3 Å². The van der Waals surface area contributed by atoms with Crippen molar-refractivity contribution in [1.82, 2.24) is 9.62 Å². The molecule has 1 aromatic rings. The van der Waals surface area contributed by atoms with E-state index in [1.807, 2.05) is 6.92 Å². The highest BCUT2D eigenvalue weighted by Gasteiger charge is 2.27. The Labute approximate surface area is 157 Å². The minimum absolute atomic E-state index is 0.0436. The molecule has 0 aromatic heterocycles. The molecule has 1 saturated heterocycles. The fourth-order valence-electron chi connectivity index (χ4n) is 2.46. The molecule has 9 nitrogen and oxygen atoms in total. The Hall–Kier alpha value is -2.46. The topological polar surface area (TPSA) is 119 Å². The number of carbonyl (C=O) groups is 3. The van der Waals surface area contributed by atoms with Crippen LogP contribution in [0.1, 0.15) is 26.2 Å². The summed E-state index contributed by atoms with van der Waals surface area (Å²) in [4.78, 5) is 35.9. The number of carbonyl (C=O) groups excluding carboxylic acids is 3. The van der Waals surface area contributed by atoms with E-state index in [0.29, 0.717) is 31.7 Å². The molecule has 2 amide bonds. The van der Waals surface area contributed by atoms with Gasteiger partial charge in [0, 0.05) is 19.5 Å². The first-order chi connectivity index (χ1) is 12.8. The van der Waals surface area contributed by atoms with Gasteiger partial charge in [0.05, 0.1) is 17.9 Å². The maximum atomic E-state index is 12.2. The van der Waals surface area contributed by atoms with Crippen molar-refractivity contribution in [2.24, 2.45) is 0 Å². The lowest BCUT2D eigenvalue weighted by Crippen LogP contribution is -2.35. The lowest BCUT2D eigenvalue weighted by Gasteiger charge is -2.13. The molecule has 1 fully saturated rings. The molecule has 0 saturated carbocycles. The molecule has 148 valence electrons. The molecule has 1 heterocycles. The average molecular weight is 398 g/mol. The second-order valence-electron chi connectivity index (χ2n) is 5.76. The molecule has 2 rings (SSSR count). The van der Waals surface area contributed by atoms with Gasteiger partial charge in [-0.3, -0.25) is 19.3 Å². The van der Waals surface area contributed by atoms with Crippen molar-refractivity contribution in [3.8, 4) is 5.75 Å². The Balaban J connectivity index is 1.74. The van der Waals surface area contributed by atoms with Crippen molar-refractivity contribution in [2.45, 2.75) is 31.1 Å². The number of likely N-dealkylation sites (tertiary alicyclic amines) is 1. The summed E-state index contributed by atoms with van der Waals surface area (Å²) in [6.07, 6.45) is 0.677. The van der Waals surface area contributed by atoms with Gasteiger partial charge in [-0.2, -0.15) is 0 Å². The molecule has 1 N–H and O–H groups in total. The molecule has 0 bridgehead atoms. The van der Waals surface area contributed by atoms with Gasteiger partial charge < -0.3 is 9.47 Å². The minimum Gasteiger partial charge on any atom is -0.494 e. The van der Waals surface area contributed by atoms with E-state index >= 15 is 0 Å². The van der Waals surface area contributed by atoms with E-state index in [-0.39, 0.29) is 23.8 Å². The third kappa shape index (κ3) is 6.04. The number of hydrogen-bond acceptors (Lipinski definition) is 7. The number of nitrogens with one attached hydrogen (secondary N) is 1. The molecule has 0 spiro atoms. The van der Waals surface area contributed by atoms with E-state index in [1.54, 1.807) is 0 Å². The lowest BCUT2D eigenvalue weighted by molar-refractivity contribution is -0.154. The molecular weight excluding hydrogens is 376 g/mol. The molecule has 27 heavy (non-hydrogen) atoms. The molecular formula is C17H22N2O7S. The van der Waals surface area contributed by atoms with Crippen LogP contribution in [0.2, 0.25) is 0 Å². The van der Waals surface area contributed by atoms with E-state index in [9.17, 15) is 22.8 Å². The summed E-state index contributed by atoms with van der Waals surface area (Å²) in [5, 5.41) is 0. The Bertz CT molecular complexity index is 790. The van der Waals surface area contributed by atoms with Gasteiger partial charge in [0.1, 0.15) is 5.75 Å². The molecule has 0 unspecified atom stereocenters. The van der Waals surface area contributed by atoms with Crippen molar-refractivity contribution in [1.29, 1.82) is 0 Å². The monoisotopic (exact) mass is 398 g/mol. The van der Waals surface area contributed by atoms with Gasteiger partial charge in [0.25, 0.3) is 5.91 Å². The van der Waals surface area contributed by atoms with Gasteiger partial charge >= 0.3 is 5.97 Å². The fraction of sp³-hybridized carbons (Fsp3) is 0.471. The molecule has 1 aliphatic rings. The van der Waals surface area contributed by atoms with Crippen molar-refractivity contribution in [3.63, 3.8) is 0 Å². The summed E-state index contributed by atoms with van der Waals surface area (Å²) in [5.41, 5.74) is 0. The van der Waals surface area contributed by atoms with Gasteiger partial charge in [0.2, 0.25) is 15.9 Å². The third-order valence-corrected chi connectivity index (χ3v) is 5.27. The second-order valence-corrected chi connectivity index (χ2v) is 7.52. The van der Waals surface area contributed by atoms with Crippen LogP contribution >= 0.6 is 0 Å². The highest BCUT2D eigenvalue weighted by Crippen LogP contribution is 2.15. The largest absolute Gasteiger partial charge is 0.494 e. The third-order valence-electron chi connectivity index (χ3n) is 3.80. The van der Waals surface area contributed by atoms with Crippen molar-refractivity contribution in [2.75, 3.05) is 26.3 Å². The van der Waals surface area contributed by atoms with E-state index in [0.717, 1.165) is 4.90 Å². The standard InChI is InChI=1S/C17H22N2O7S/c1-2-25-13-5-7-14(8-6-13)27(23,24)18-10-9-17(22)26-12-16(21)19-11-3-4-15(19)20/h5-8,18H,2-4,9-12H2,1H3. The van der Waals surface area contributed by atoms with Crippen LogP contribution in [0.15, 0.2) is 29.2 Å². The first kappa shape index (κ1) is 20.8. The number of amides is 2. The highest BCUT2D eigenvalue weighted by atomic mass is 32.2. The summed E-state index contributed by atoms with van der Waals surface area (Å²) < 4.78 is 36.6. The Morgan fingerprint density at radius 3 is 2.52 bits per heavy atom. The SMILES string of the molecule is CCOc1ccc(S(=O)(=O)NCCC(=O)OCC(=O)N2CCCC2=O)cc1. The lowest BCUT2D eigenvalue weighted by atomic mass is 10.3. The smallest absolute Gasteiger partial charge is 0.307 e. The summed E-state index contributed by atoms with van der Waals surface area (Å²) in [6.45, 7) is 1.92. The van der Waals surface area contributed by atoms with Crippen LogP contribution in [-0.2, 0) is 29.1 Å². The van der Waals surface area contributed by atoms with Gasteiger partial charge in [-0.1, -0.05) is 0 Å². The number of imide groups is 1. The molecule has 1 aromatic carbocycles. The number of sulfonamides is 1. The molecule has 0 aliphatic carbocycles. The van der Waals surface area contributed by atoms with Crippen molar-refractivity contribution >= 4 is 27.8 Å². The number of hydrogen-bond donors (Lipinski definition) is 1. The van der Waals surface area contributed by atoms with Crippen LogP contribution in [0.4, 0.5) is 0 Å². The normalized spacial score (nSPS) is 14.3. The van der Waals surface area contributed by atoms with Gasteiger partial charge in [-0.15, -0.1) is 0 Å². The van der Waals surface area contributed by atoms with Gasteiger partial charge in [-0.05, 0) is 37.6 Å². The molecule has 0 atom stereocenters. The number of nitrogens with zero attached hydrogens (tertiary/aromatic N) is 1. The quantitative estimate of drug-likeness (QED) is 0.600. The predicted molar refractivity (Wildman–Crippen MR) is 94.3 cm³/mol. The maximum absolute atomic E-state index is 12.2. The summed E-state index contributed by atoms with van der Waals surface area (Å²) in [7, 11) is -3.77. The number of ether oxygens (including phenoxy) is 2. The summed E-state index contributed by atoms with van der Waals surface area (Å²) in [5.74, 6) is -1.02. The second kappa shape index (κ2) is 9.47. The molecule has 10 heteroatoms. The van der Waals surface area contributed by atoms with Crippen LogP contribution in [-0.4, -0.2) is 57.4 Å². The summed E-state index contributed by atoms with van der Waals surface area (Å²) >= 11 is 0. The zero-order valence-electron chi connectivity index (χ0n) is 15.0.